The van der Waals surface area contributed by atoms with E-state index >= 15 is 0 Å². The number of rotatable bonds is 4. The van der Waals surface area contributed by atoms with Crippen LogP contribution in [0.5, 0.6) is 0 Å². The highest BCUT2D eigenvalue weighted by Gasteiger charge is 2.24. The molecule has 0 saturated heterocycles. The second-order valence-corrected chi connectivity index (χ2v) is 4.93. The lowest BCUT2D eigenvalue weighted by Gasteiger charge is -2.19. The Labute approximate surface area is 95.2 Å². The molecule has 0 bridgehead atoms. The molecule has 7 heteroatoms. The van der Waals surface area contributed by atoms with Crippen molar-refractivity contribution < 1.29 is 10.0 Å². The van der Waals surface area contributed by atoms with Gasteiger partial charge in [0.2, 0.25) is 0 Å². The molecule has 0 aliphatic carbocycles. The second-order valence-electron chi connectivity index (χ2n) is 4.08. The summed E-state index contributed by atoms with van der Waals surface area (Å²) in [6, 6.07) is 0. The van der Waals surface area contributed by atoms with Gasteiger partial charge in [-0.15, -0.1) is 0 Å². The van der Waals surface area contributed by atoms with E-state index in [1.807, 2.05) is 13.8 Å². The number of aliphatic hydroxyl groups is 1. The smallest absolute Gasteiger partial charge is 0.396 e. The summed E-state index contributed by atoms with van der Waals surface area (Å²) in [6.07, 6.45) is 1.54. The molecule has 0 saturated carbocycles. The second kappa shape index (κ2) is 4.28. The van der Waals surface area contributed by atoms with Crippen LogP contribution < -0.4 is 0 Å². The average Bonchev–Trinajstić information content (AvgIpc) is 2.46. The van der Waals surface area contributed by atoms with Gasteiger partial charge in [-0.25, -0.2) is 0 Å². The lowest BCUT2D eigenvalue weighted by atomic mass is 9.95. The third kappa shape index (κ3) is 3.00. The van der Waals surface area contributed by atoms with Gasteiger partial charge in [-0.1, -0.05) is 13.8 Å². The van der Waals surface area contributed by atoms with Crippen LogP contribution >= 0.6 is 15.9 Å². The molecule has 1 rings (SSSR count). The number of hydrogen-bond donors (Lipinski definition) is 1. The number of hydrogen-bond acceptors (Lipinski definition) is 4. The molecule has 84 valence electrons. The predicted octanol–water partition coefficient (Wildman–Crippen LogP) is 1.57. The molecule has 0 fully saturated rings. The standard InChI is InChI=1S/C8H12BrN3O3/c1-8(2,5-13)4-11-3-6(9)7(10-11)12(14)15/h3,13H,4-5H2,1-2H3. The van der Waals surface area contributed by atoms with Crippen molar-refractivity contribution in [3.05, 3.63) is 20.8 Å². The summed E-state index contributed by atoms with van der Waals surface area (Å²) in [4.78, 5) is 9.97. The largest absolute Gasteiger partial charge is 0.404 e. The molecule has 1 heterocycles. The molecular weight excluding hydrogens is 266 g/mol. The van der Waals surface area contributed by atoms with Crippen LogP contribution in [0.1, 0.15) is 13.8 Å². The van der Waals surface area contributed by atoms with Gasteiger partial charge in [0, 0.05) is 5.41 Å². The highest BCUT2D eigenvalue weighted by atomic mass is 79.9. The normalized spacial score (nSPS) is 11.7. The summed E-state index contributed by atoms with van der Waals surface area (Å²) in [6.45, 7) is 4.14. The molecule has 0 aromatic carbocycles. The summed E-state index contributed by atoms with van der Waals surface area (Å²) in [5, 5.41) is 23.4. The maximum absolute atomic E-state index is 10.5. The van der Waals surface area contributed by atoms with Gasteiger partial charge in [-0.2, -0.15) is 4.68 Å². The molecule has 0 radical (unpaired) electrons. The molecule has 1 N–H and O–H groups in total. The van der Waals surface area contributed by atoms with Gasteiger partial charge in [-0.05, 0) is 20.9 Å². The van der Waals surface area contributed by atoms with E-state index in [1.165, 1.54) is 10.9 Å². The van der Waals surface area contributed by atoms with Crippen molar-refractivity contribution in [1.29, 1.82) is 0 Å². The molecule has 0 amide bonds. The van der Waals surface area contributed by atoms with E-state index in [4.69, 9.17) is 5.11 Å². The maximum Gasteiger partial charge on any atom is 0.404 e. The zero-order valence-electron chi connectivity index (χ0n) is 8.47. The molecule has 1 aromatic heterocycles. The molecule has 1 aromatic rings. The predicted molar refractivity (Wildman–Crippen MR) is 57.4 cm³/mol. The third-order valence-corrected chi connectivity index (χ3v) is 2.45. The molecule has 0 atom stereocenters. The first kappa shape index (κ1) is 12.1. The van der Waals surface area contributed by atoms with Crippen LogP contribution in [0, 0.1) is 15.5 Å². The van der Waals surface area contributed by atoms with Crippen molar-refractivity contribution in [2.24, 2.45) is 5.41 Å². The minimum absolute atomic E-state index is 0.00171. The Morgan fingerprint density at radius 2 is 2.33 bits per heavy atom. The number of nitrogens with zero attached hydrogens (tertiary/aromatic N) is 3. The topological polar surface area (TPSA) is 81.2 Å². The molecule has 0 spiro atoms. The number of nitro groups is 1. The zero-order valence-corrected chi connectivity index (χ0v) is 10.1. The Balaban J connectivity index is 2.89. The number of halogens is 1. The van der Waals surface area contributed by atoms with E-state index in [1.54, 1.807) is 0 Å². The van der Waals surface area contributed by atoms with Crippen LogP contribution in [-0.2, 0) is 6.54 Å². The average molecular weight is 278 g/mol. The SMILES string of the molecule is CC(C)(CO)Cn1cc(Br)c([N+](=O)[O-])n1. The van der Waals surface area contributed by atoms with Crippen molar-refractivity contribution in [3.63, 3.8) is 0 Å². The van der Waals surface area contributed by atoms with Crippen LogP contribution in [0.2, 0.25) is 0 Å². The van der Waals surface area contributed by atoms with Crippen molar-refractivity contribution in [2.75, 3.05) is 6.61 Å². The van der Waals surface area contributed by atoms with Gasteiger partial charge in [0.15, 0.2) is 0 Å². The van der Waals surface area contributed by atoms with E-state index < -0.39 is 4.92 Å². The fraction of sp³-hybridized carbons (Fsp3) is 0.625. The van der Waals surface area contributed by atoms with Crippen molar-refractivity contribution in [3.8, 4) is 0 Å². The highest BCUT2D eigenvalue weighted by Crippen LogP contribution is 2.24. The van der Waals surface area contributed by atoms with Crippen LogP contribution in [0.4, 0.5) is 5.82 Å². The van der Waals surface area contributed by atoms with E-state index in [9.17, 15) is 10.1 Å². The zero-order chi connectivity index (χ0) is 11.6. The Hall–Kier alpha value is -0.950. The summed E-state index contributed by atoms with van der Waals surface area (Å²) in [7, 11) is 0. The Morgan fingerprint density at radius 3 is 2.73 bits per heavy atom. The molecule has 0 aliphatic rings. The van der Waals surface area contributed by atoms with E-state index in [2.05, 4.69) is 21.0 Å². The van der Waals surface area contributed by atoms with Gasteiger partial charge in [0.1, 0.15) is 4.47 Å². The van der Waals surface area contributed by atoms with Crippen molar-refractivity contribution in [2.45, 2.75) is 20.4 Å². The van der Waals surface area contributed by atoms with Crippen LogP contribution in [0.25, 0.3) is 0 Å². The van der Waals surface area contributed by atoms with E-state index in [-0.39, 0.29) is 17.8 Å². The lowest BCUT2D eigenvalue weighted by Crippen LogP contribution is -2.24. The van der Waals surface area contributed by atoms with Gasteiger partial charge in [0.25, 0.3) is 0 Å². The Kier molecular flexibility index (Phi) is 3.46. The first-order valence-electron chi connectivity index (χ1n) is 4.34. The molecule has 0 unspecified atom stereocenters. The fourth-order valence-corrected chi connectivity index (χ4v) is 1.54. The lowest BCUT2D eigenvalue weighted by molar-refractivity contribution is -0.390. The number of aromatic nitrogens is 2. The Bertz CT molecular complexity index is 375. The fourth-order valence-electron chi connectivity index (χ4n) is 1.08. The van der Waals surface area contributed by atoms with Gasteiger partial charge >= 0.3 is 5.82 Å². The van der Waals surface area contributed by atoms with Gasteiger partial charge in [0.05, 0.1) is 24.4 Å². The van der Waals surface area contributed by atoms with Crippen molar-refractivity contribution in [1.82, 2.24) is 9.78 Å². The third-order valence-electron chi connectivity index (χ3n) is 1.89. The monoisotopic (exact) mass is 277 g/mol. The molecule has 6 nitrogen and oxygen atoms in total. The summed E-state index contributed by atoms with van der Waals surface area (Å²) < 4.78 is 1.81. The highest BCUT2D eigenvalue weighted by molar-refractivity contribution is 9.10. The minimum Gasteiger partial charge on any atom is -0.396 e. The minimum atomic E-state index is -0.549. The van der Waals surface area contributed by atoms with E-state index in [0.717, 1.165) is 0 Å². The summed E-state index contributed by atoms with van der Waals surface area (Å²) >= 11 is 3.06. The molecular formula is C8H12BrN3O3. The maximum atomic E-state index is 10.5. The van der Waals surface area contributed by atoms with Crippen molar-refractivity contribution >= 4 is 21.7 Å². The van der Waals surface area contributed by atoms with Crippen LogP contribution in [0.3, 0.4) is 0 Å². The Morgan fingerprint density at radius 1 is 1.73 bits per heavy atom. The first-order valence-corrected chi connectivity index (χ1v) is 5.13. The summed E-state index contributed by atoms with van der Waals surface area (Å²) in [5.74, 6) is -0.205. The summed E-state index contributed by atoms with van der Waals surface area (Å²) in [5.41, 5.74) is -0.348. The van der Waals surface area contributed by atoms with Gasteiger partial charge in [-0.3, -0.25) is 0 Å². The number of aliphatic hydroxyl groups excluding tert-OH is 1. The van der Waals surface area contributed by atoms with Crippen LogP contribution in [-0.4, -0.2) is 26.4 Å². The van der Waals surface area contributed by atoms with Gasteiger partial charge < -0.3 is 15.2 Å². The first-order chi connectivity index (χ1) is 6.85. The quantitative estimate of drug-likeness (QED) is 0.669. The molecule has 15 heavy (non-hydrogen) atoms. The van der Waals surface area contributed by atoms with E-state index in [0.29, 0.717) is 11.0 Å². The van der Waals surface area contributed by atoms with Crippen LogP contribution in [0.15, 0.2) is 10.7 Å². The molecule has 0 aliphatic heterocycles.